The van der Waals surface area contributed by atoms with Gasteiger partial charge in [-0.3, -0.25) is 0 Å². The SMILES string of the molecule is CCOc1cc(CNc2ccc(Cl)c(C(=O)O)c2)cc(Cl)c1OCc1cccc(C)c1. The molecule has 3 rings (SSSR count). The van der Waals surface area contributed by atoms with Crippen molar-refractivity contribution in [3.8, 4) is 11.5 Å². The molecule has 0 unspecified atom stereocenters. The Morgan fingerprint density at radius 1 is 1.00 bits per heavy atom. The Kier molecular flexibility index (Phi) is 7.66. The van der Waals surface area contributed by atoms with Crippen molar-refractivity contribution >= 4 is 34.9 Å². The van der Waals surface area contributed by atoms with Gasteiger partial charge in [-0.1, -0.05) is 53.0 Å². The molecule has 0 saturated carbocycles. The van der Waals surface area contributed by atoms with Crippen molar-refractivity contribution < 1.29 is 19.4 Å². The third-order valence-electron chi connectivity index (χ3n) is 4.53. The molecular weight excluding hydrogens is 437 g/mol. The molecule has 0 aliphatic heterocycles. The number of nitrogens with one attached hydrogen (secondary N) is 1. The van der Waals surface area contributed by atoms with E-state index in [1.807, 2.05) is 38.1 Å². The average molecular weight is 460 g/mol. The molecule has 0 saturated heterocycles. The van der Waals surface area contributed by atoms with Gasteiger partial charge in [0.2, 0.25) is 0 Å². The number of carboxylic acids is 1. The number of ether oxygens (including phenoxy) is 2. The lowest BCUT2D eigenvalue weighted by atomic mass is 10.1. The molecule has 3 aromatic carbocycles. The van der Waals surface area contributed by atoms with Gasteiger partial charge in [0.15, 0.2) is 11.5 Å². The second-order valence-corrected chi connectivity index (χ2v) is 7.78. The van der Waals surface area contributed by atoms with E-state index in [1.54, 1.807) is 18.2 Å². The Morgan fingerprint density at radius 2 is 1.81 bits per heavy atom. The number of anilines is 1. The Hall–Kier alpha value is -2.89. The zero-order valence-corrected chi connectivity index (χ0v) is 18.8. The summed E-state index contributed by atoms with van der Waals surface area (Å²) in [5, 5.41) is 13.0. The average Bonchev–Trinajstić information content (AvgIpc) is 2.72. The predicted octanol–water partition coefficient (Wildman–Crippen LogP) is 6.59. The summed E-state index contributed by atoms with van der Waals surface area (Å²) in [6.45, 7) is 5.18. The highest BCUT2D eigenvalue weighted by Gasteiger charge is 2.14. The van der Waals surface area contributed by atoms with Crippen molar-refractivity contribution in [3.05, 3.63) is 86.9 Å². The van der Waals surface area contributed by atoms with Crippen LogP contribution in [0, 0.1) is 6.92 Å². The normalized spacial score (nSPS) is 10.6. The van der Waals surface area contributed by atoms with Gasteiger partial charge in [0.05, 0.1) is 22.2 Å². The van der Waals surface area contributed by atoms with Crippen LogP contribution in [-0.4, -0.2) is 17.7 Å². The predicted molar refractivity (Wildman–Crippen MR) is 124 cm³/mol. The highest BCUT2D eigenvalue weighted by atomic mass is 35.5. The summed E-state index contributed by atoms with van der Waals surface area (Å²) in [7, 11) is 0. The summed E-state index contributed by atoms with van der Waals surface area (Å²) in [5.74, 6) is -0.0272. The van der Waals surface area contributed by atoms with Gasteiger partial charge in [-0.05, 0) is 55.3 Å². The Morgan fingerprint density at radius 3 is 2.52 bits per heavy atom. The van der Waals surface area contributed by atoms with E-state index in [0.717, 1.165) is 16.7 Å². The van der Waals surface area contributed by atoms with E-state index in [0.29, 0.717) is 42.0 Å². The lowest BCUT2D eigenvalue weighted by Crippen LogP contribution is -2.05. The van der Waals surface area contributed by atoms with Gasteiger partial charge in [-0.15, -0.1) is 0 Å². The number of rotatable bonds is 9. The second kappa shape index (κ2) is 10.4. The van der Waals surface area contributed by atoms with Crippen molar-refractivity contribution in [1.82, 2.24) is 0 Å². The zero-order chi connectivity index (χ0) is 22.4. The van der Waals surface area contributed by atoms with Crippen molar-refractivity contribution in [2.24, 2.45) is 0 Å². The molecule has 0 aromatic heterocycles. The van der Waals surface area contributed by atoms with Crippen molar-refractivity contribution in [2.45, 2.75) is 27.0 Å². The quantitative estimate of drug-likeness (QED) is 0.377. The molecule has 0 heterocycles. The highest BCUT2D eigenvalue weighted by molar-refractivity contribution is 6.33. The number of hydrogen-bond donors (Lipinski definition) is 2. The largest absolute Gasteiger partial charge is 0.490 e. The van der Waals surface area contributed by atoms with E-state index in [4.69, 9.17) is 32.7 Å². The molecule has 3 aromatic rings. The summed E-state index contributed by atoms with van der Waals surface area (Å²) in [4.78, 5) is 11.3. The molecule has 0 radical (unpaired) electrons. The maximum absolute atomic E-state index is 11.3. The van der Waals surface area contributed by atoms with Crippen LogP contribution in [0.15, 0.2) is 54.6 Å². The van der Waals surface area contributed by atoms with E-state index in [-0.39, 0.29) is 10.6 Å². The maximum Gasteiger partial charge on any atom is 0.337 e. The van der Waals surface area contributed by atoms with Crippen LogP contribution >= 0.6 is 23.2 Å². The molecule has 0 fully saturated rings. The first-order valence-corrected chi connectivity index (χ1v) is 10.5. The maximum atomic E-state index is 11.3. The van der Waals surface area contributed by atoms with Crippen molar-refractivity contribution in [2.75, 3.05) is 11.9 Å². The number of aromatic carboxylic acids is 1. The monoisotopic (exact) mass is 459 g/mol. The summed E-state index contributed by atoms with van der Waals surface area (Å²) < 4.78 is 11.7. The number of hydrogen-bond acceptors (Lipinski definition) is 4. The van der Waals surface area contributed by atoms with Gasteiger partial charge in [-0.2, -0.15) is 0 Å². The van der Waals surface area contributed by atoms with E-state index in [9.17, 15) is 9.90 Å². The zero-order valence-electron chi connectivity index (χ0n) is 17.2. The molecule has 0 aliphatic carbocycles. The molecule has 0 atom stereocenters. The summed E-state index contributed by atoms with van der Waals surface area (Å²) in [6.07, 6.45) is 0. The molecular formula is C24H23Cl2NO4. The van der Waals surface area contributed by atoms with Crippen LogP contribution in [-0.2, 0) is 13.2 Å². The van der Waals surface area contributed by atoms with Gasteiger partial charge >= 0.3 is 5.97 Å². The summed E-state index contributed by atoms with van der Waals surface area (Å²) in [6, 6.07) is 16.5. The van der Waals surface area contributed by atoms with E-state index >= 15 is 0 Å². The number of halogens is 2. The van der Waals surface area contributed by atoms with Crippen LogP contribution in [0.4, 0.5) is 5.69 Å². The van der Waals surface area contributed by atoms with Gasteiger partial charge in [0, 0.05) is 12.2 Å². The van der Waals surface area contributed by atoms with Gasteiger partial charge in [-0.25, -0.2) is 4.79 Å². The summed E-state index contributed by atoms with van der Waals surface area (Å²) in [5.41, 5.74) is 3.74. The minimum absolute atomic E-state index is 0.0413. The smallest absolute Gasteiger partial charge is 0.337 e. The molecule has 2 N–H and O–H groups in total. The molecule has 0 bridgehead atoms. The number of benzene rings is 3. The van der Waals surface area contributed by atoms with Crippen LogP contribution in [0.25, 0.3) is 0 Å². The molecule has 162 valence electrons. The number of carboxylic acid groups (broad SMARTS) is 1. The third kappa shape index (κ3) is 6.06. The third-order valence-corrected chi connectivity index (χ3v) is 5.14. The number of aryl methyl sites for hydroxylation is 1. The standard InChI is InChI=1S/C24H23Cl2NO4/c1-3-30-22-11-17(13-27-18-7-8-20(25)19(12-18)24(28)29)10-21(26)23(22)31-14-16-6-4-5-15(2)9-16/h4-12,27H,3,13-14H2,1-2H3,(H,28,29). The molecule has 0 spiro atoms. The minimum Gasteiger partial charge on any atom is -0.490 e. The molecule has 0 amide bonds. The Bertz CT molecular complexity index is 1090. The highest BCUT2D eigenvalue weighted by Crippen LogP contribution is 2.37. The van der Waals surface area contributed by atoms with Gasteiger partial charge in [0.1, 0.15) is 6.61 Å². The van der Waals surface area contributed by atoms with Crippen LogP contribution < -0.4 is 14.8 Å². The second-order valence-electron chi connectivity index (χ2n) is 6.97. The Labute approximate surface area is 191 Å². The first kappa shape index (κ1) is 22.8. The first-order chi connectivity index (χ1) is 14.9. The lowest BCUT2D eigenvalue weighted by Gasteiger charge is -2.16. The van der Waals surface area contributed by atoms with E-state index in [2.05, 4.69) is 11.4 Å². The Balaban J connectivity index is 1.76. The van der Waals surface area contributed by atoms with Crippen LogP contribution in [0.3, 0.4) is 0 Å². The lowest BCUT2D eigenvalue weighted by molar-refractivity contribution is 0.0697. The molecule has 7 heteroatoms. The topological polar surface area (TPSA) is 67.8 Å². The van der Waals surface area contributed by atoms with Gasteiger partial charge in [0.25, 0.3) is 0 Å². The molecule has 0 aliphatic rings. The first-order valence-electron chi connectivity index (χ1n) is 9.77. The van der Waals surface area contributed by atoms with Crippen LogP contribution in [0.1, 0.15) is 34.0 Å². The van der Waals surface area contributed by atoms with Crippen LogP contribution in [0.5, 0.6) is 11.5 Å². The van der Waals surface area contributed by atoms with Gasteiger partial charge < -0.3 is 19.9 Å². The molecule has 31 heavy (non-hydrogen) atoms. The fourth-order valence-electron chi connectivity index (χ4n) is 3.09. The van der Waals surface area contributed by atoms with Crippen LogP contribution in [0.2, 0.25) is 10.0 Å². The fourth-order valence-corrected chi connectivity index (χ4v) is 3.57. The summed E-state index contributed by atoms with van der Waals surface area (Å²) >= 11 is 12.4. The number of carbonyl (C=O) groups is 1. The fraction of sp³-hybridized carbons (Fsp3) is 0.208. The minimum atomic E-state index is -1.08. The van der Waals surface area contributed by atoms with Crippen molar-refractivity contribution in [1.29, 1.82) is 0 Å². The van der Waals surface area contributed by atoms with E-state index in [1.165, 1.54) is 6.07 Å². The molecule has 5 nitrogen and oxygen atoms in total. The van der Waals surface area contributed by atoms with E-state index < -0.39 is 5.97 Å². The van der Waals surface area contributed by atoms with Crippen molar-refractivity contribution in [3.63, 3.8) is 0 Å².